The van der Waals surface area contributed by atoms with Crippen LogP contribution in [-0.2, 0) is 0 Å². The molecule has 150 valence electrons. The normalized spacial score (nSPS) is 15.1. The Morgan fingerprint density at radius 3 is 2.38 bits per heavy atom. The lowest BCUT2D eigenvalue weighted by molar-refractivity contribution is 0.0948. The number of carbonyl (C=O) groups excluding carboxylic acids is 1. The van der Waals surface area contributed by atoms with Crippen LogP contribution in [0.1, 0.15) is 24.2 Å². The number of carbonyl (C=O) groups is 1. The van der Waals surface area contributed by atoms with Gasteiger partial charge in [0.2, 0.25) is 11.8 Å². The van der Waals surface area contributed by atoms with Crippen LogP contribution in [0.25, 0.3) is 11.5 Å². The lowest BCUT2D eigenvalue weighted by atomic mass is 10.1. The Kier molecular flexibility index (Phi) is 5.26. The van der Waals surface area contributed by atoms with E-state index >= 15 is 0 Å². The van der Waals surface area contributed by atoms with Gasteiger partial charge < -0.3 is 10.6 Å². The highest BCUT2D eigenvalue weighted by Crippen LogP contribution is 2.20. The van der Waals surface area contributed by atoms with Crippen LogP contribution in [0.4, 0.5) is 11.6 Å². The molecular formula is C21H25N7O. The molecule has 2 N–H and O–H groups in total. The van der Waals surface area contributed by atoms with Crippen LogP contribution in [0.5, 0.6) is 0 Å². The number of nitrogens with zero attached hydrogens (tertiary/aromatic N) is 6. The third kappa shape index (κ3) is 3.97. The molecule has 1 saturated heterocycles. The average Bonchev–Trinajstić information content (AvgIpc) is 3.15. The maximum absolute atomic E-state index is 12.9. The molecule has 1 aliphatic rings. The van der Waals surface area contributed by atoms with E-state index in [1.165, 1.54) is 0 Å². The highest BCUT2D eigenvalue weighted by Gasteiger charge is 2.20. The smallest absolute Gasteiger partial charge is 0.281 e. The van der Waals surface area contributed by atoms with Crippen molar-refractivity contribution in [3.8, 4) is 11.5 Å². The van der Waals surface area contributed by atoms with Crippen molar-refractivity contribution < 1.29 is 4.79 Å². The third-order valence-electron chi connectivity index (χ3n) is 5.24. The third-order valence-corrected chi connectivity index (χ3v) is 5.24. The van der Waals surface area contributed by atoms with Crippen LogP contribution < -0.4 is 10.6 Å². The second kappa shape index (κ2) is 8.00. The Morgan fingerprint density at radius 1 is 1.03 bits per heavy atom. The molecule has 0 radical (unpaired) electrons. The standard InChI is InChI=1S/C21H25N7O/c1-15(2)26-11-13-27(14-12-26)17-8-6-16(7-9-17)20(29)28-21(22)24-19(25-28)18-5-3-4-10-23-18/h3-10,15H,11-14H2,1-2H3,(H2,22,24,25). The molecule has 2 aromatic heterocycles. The minimum absolute atomic E-state index is 0.0459. The van der Waals surface area contributed by atoms with Crippen LogP contribution in [0.15, 0.2) is 48.7 Å². The molecule has 0 aliphatic carbocycles. The van der Waals surface area contributed by atoms with E-state index in [0.717, 1.165) is 36.5 Å². The lowest BCUT2D eigenvalue weighted by Crippen LogP contribution is -2.48. The zero-order valence-electron chi connectivity index (χ0n) is 16.7. The second-order valence-corrected chi connectivity index (χ2v) is 7.39. The predicted octanol–water partition coefficient (Wildman–Crippen LogP) is 2.14. The van der Waals surface area contributed by atoms with Gasteiger partial charge in [0.25, 0.3) is 5.91 Å². The van der Waals surface area contributed by atoms with Gasteiger partial charge in [0, 0.05) is 49.7 Å². The van der Waals surface area contributed by atoms with Crippen LogP contribution in [0, 0.1) is 0 Å². The Hall–Kier alpha value is -3.26. The molecular weight excluding hydrogens is 366 g/mol. The van der Waals surface area contributed by atoms with Crippen LogP contribution in [0.2, 0.25) is 0 Å². The number of hydrogen-bond acceptors (Lipinski definition) is 7. The topological polar surface area (TPSA) is 93.2 Å². The van der Waals surface area contributed by atoms with Crippen molar-refractivity contribution in [1.29, 1.82) is 0 Å². The van der Waals surface area contributed by atoms with E-state index in [1.807, 2.05) is 30.3 Å². The van der Waals surface area contributed by atoms with Crippen molar-refractivity contribution in [3.05, 3.63) is 54.2 Å². The molecule has 3 aromatic rings. The number of nitrogen functional groups attached to an aromatic ring is 1. The van der Waals surface area contributed by atoms with E-state index < -0.39 is 0 Å². The maximum Gasteiger partial charge on any atom is 0.281 e. The first kappa shape index (κ1) is 19.1. The van der Waals surface area contributed by atoms with Gasteiger partial charge in [0.1, 0.15) is 5.69 Å². The number of benzene rings is 1. The van der Waals surface area contributed by atoms with Gasteiger partial charge in [-0.2, -0.15) is 9.67 Å². The number of piperazine rings is 1. The zero-order valence-corrected chi connectivity index (χ0v) is 16.7. The van der Waals surface area contributed by atoms with Crippen LogP contribution in [0.3, 0.4) is 0 Å². The fourth-order valence-electron chi connectivity index (χ4n) is 3.51. The summed E-state index contributed by atoms with van der Waals surface area (Å²) >= 11 is 0. The first-order valence-electron chi connectivity index (χ1n) is 9.80. The van der Waals surface area contributed by atoms with Gasteiger partial charge in [-0.1, -0.05) is 6.07 Å². The summed E-state index contributed by atoms with van der Waals surface area (Å²) < 4.78 is 1.13. The van der Waals surface area contributed by atoms with Gasteiger partial charge in [-0.25, -0.2) is 0 Å². The zero-order chi connectivity index (χ0) is 20.4. The van der Waals surface area contributed by atoms with E-state index in [1.54, 1.807) is 18.3 Å². The maximum atomic E-state index is 12.9. The van der Waals surface area contributed by atoms with Gasteiger partial charge >= 0.3 is 0 Å². The minimum Gasteiger partial charge on any atom is -0.369 e. The van der Waals surface area contributed by atoms with E-state index in [4.69, 9.17) is 5.73 Å². The molecule has 0 spiro atoms. The minimum atomic E-state index is -0.312. The molecule has 0 atom stereocenters. The highest BCUT2D eigenvalue weighted by atomic mass is 16.2. The summed E-state index contributed by atoms with van der Waals surface area (Å²) in [6.45, 7) is 8.51. The monoisotopic (exact) mass is 391 g/mol. The average molecular weight is 391 g/mol. The number of anilines is 2. The molecule has 29 heavy (non-hydrogen) atoms. The molecule has 0 bridgehead atoms. The van der Waals surface area contributed by atoms with Crippen LogP contribution >= 0.6 is 0 Å². The number of aromatic nitrogens is 4. The van der Waals surface area contributed by atoms with Crippen molar-refractivity contribution in [2.24, 2.45) is 0 Å². The van der Waals surface area contributed by atoms with E-state index in [-0.39, 0.29) is 11.9 Å². The van der Waals surface area contributed by atoms with Gasteiger partial charge in [-0.3, -0.25) is 14.7 Å². The van der Waals surface area contributed by atoms with Gasteiger partial charge in [-0.15, -0.1) is 5.10 Å². The summed E-state index contributed by atoms with van der Waals surface area (Å²) in [4.78, 5) is 26.0. The number of nitrogens with two attached hydrogens (primary N) is 1. The summed E-state index contributed by atoms with van der Waals surface area (Å²) in [7, 11) is 0. The fourth-order valence-corrected chi connectivity index (χ4v) is 3.51. The summed E-state index contributed by atoms with van der Waals surface area (Å²) in [5.74, 6) is 0.0639. The Bertz CT molecular complexity index is 974. The second-order valence-electron chi connectivity index (χ2n) is 7.39. The largest absolute Gasteiger partial charge is 0.369 e. The van der Waals surface area contributed by atoms with Gasteiger partial charge in [-0.05, 0) is 50.2 Å². The number of pyridine rings is 1. The van der Waals surface area contributed by atoms with E-state index in [2.05, 4.69) is 38.7 Å². The van der Waals surface area contributed by atoms with Crippen molar-refractivity contribution in [3.63, 3.8) is 0 Å². The molecule has 1 aliphatic heterocycles. The van der Waals surface area contributed by atoms with Crippen molar-refractivity contribution in [2.45, 2.75) is 19.9 Å². The number of hydrogen-bond donors (Lipinski definition) is 1. The predicted molar refractivity (Wildman–Crippen MR) is 113 cm³/mol. The fraction of sp³-hybridized carbons (Fsp3) is 0.333. The molecule has 0 amide bonds. The first-order valence-corrected chi connectivity index (χ1v) is 9.80. The Labute approximate surface area is 170 Å². The van der Waals surface area contributed by atoms with E-state index in [0.29, 0.717) is 23.1 Å². The van der Waals surface area contributed by atoms with Crippen molar-refractivity contribution >= 4 is 17.5 Å². The number of rotatable bonds is 4. The highest BCUT2D eigenvalue weighted by molar-refractivity contribution is 5.97. The van der Waals surface area contributed by atoms with E-state index in [9.17, 15) is 4.79 Å². The first-order chi connectivity index (χ1) is 14.0. The molecule has 1 fully saturated rings. The lowest BCUT2D eigenvalue weighted by Gasteiger charge is -2.38. The summed E-state index contributed by atoms with van der Waals surface area (Å²) in [5.41, 5.74) is 8.13. The Morgan fingerprint density at radius 2 is 1.76 bits per heavy atom. The summed E-state index contributed by atoms with van der Waals surface area (Å²) in [5, 5.41) is 4.25. The van der Waals surface area contributed by atoms with Gasteiger partial charge in [0.15, 0.2) is 0 Å². The van der Waals surface area contributed by atoms with Crippen molar-refractivity contribution in [2.75, 3.05) is 36.8 Å². The molecule has 0 saturated carbocycles. The summed E-state index contributed by atoms with van der Waals surface area (Å²) in [6, 6.07) is 13.6. The summed E-state index contributed by atoms with van der Waals surface area (Å²) in [6.07, 6.45) is 1.65. The molecule has 4 rings (SSSR count). The molecule has 1 aromatic carbocycles. The SMILES string of the molecule is CC(C)N1CCN(c2ccc(C(=O)n3nc(-c4ccccn4)nc3N)cc2)CC1. The molecule has 3 heterocycles. The Balaban J connectivity index is 1.48. The van der Waals surface area contributed by atoms with Gasteiger partial charge in [0.05, 0.1) is 0 Å². The van der Waals surface area contributed by atoms with Crippen LogP contribution in [-0.4, -0.2) is 62.8 Å². The molecule has 8 heteroatoms. The quantitative estimate of drug-likeness (QED) is 0.728. The molecule has 8 nitrogen and oxygen atoms in total. The van der Waals surface area contributed by atoms with Crippen molar-refractivity contribution in [1.82, 2.24) is 24.6 Å². The molecule has 0 unspecified atom stereocenters.